The molecule has 1 spiro atoms. The van der Waals surface area contributed by atoms with Crippen molar-refractivity contribution in [1.29, 1.82) is 0 Å². The quantitative estimate of drug-likeness (QED) is 0.790. The first-order valence-corrected chi connectivity index (χ1v) is 7.77. The molecule has 0 N–H and O–H groups in total. The average Bonchev–Trinajstić information content (AvgIpc) is 2.49. The van der Waals surface area contributed by atoms with Crippen LogP contribution in [0, 0.1) is 5.41 Å². The largest absolute Gasteiger partial charge is 0.371 e. The minimum absolute atomic E-state index is 0.398. The van der Waals surface area contributed by atoms with Crippen LogP contribution in [-0.4, -0.2) is 43.9 Å². The van der Waals surface area contributed by atoms with E-state index < -0.39 is 0 Å². The first-order valence-electron chi connectivity index (χ1n) is 7.77. The summed E-state index contributed by atoms with van der Waals surface area (Å²) in [6, 6.07) is 10.7. The third-order valence-corrected chi connectivity index (χ3v) is 4.86. The van der Waals surface area contributed by atoms with Crippen LogP contribution in [0.25, 0.3) is 0 Å². The van der Waals surface area contributed by atoms with E-state index in [1.807, 2.05) is 0 Å². The van der Waals surface area contributed by atoms with Crippen LogP contribution in [0.3, 0.4) is 0 Å². The van der Waals surface area contributed by atoms with E-state index in [4.69, 9.17) is 0 Å². The number of hydrogen-bond donors (Lipinski definition) is 0. The van der Waals surface area contributed by atoms with Crippen molar-refractivity contribution >= 4 is 12.0 Å². The van der Waals surface area contributed by atoms with Crippen molar-refractivity contribution in [2.24, 2.45) is 5.41 Å². The van der Waals surface area contributed by atoms with Gasteiger partial charge < -0.3 is 9.69 Å². The topological polar surface area (TPSA) is 23.6 Å². The molecule has 20 heavy (non-hydrogen) atoms. The number of aldehydes is 1. The van der Waals surface area contributed by atoms with E-state index >= 15 is 0 Å². The Bertz CT molecular complexity index is 444. The molecule has 3 nitrogen and oxygen atoms in total. The van der Waals surface area contributed by atoms with Crippen molar-refractivity contribution in [3.63, 3.8) is 0 Å². The standard InChI is InChI=1S/C17H24N2O/c20-13-12-18-10-4-8-17(14-18)9-5-11-19(15-17)16-6-2-1-3-7-16/h1-3,6-7,13H,4-5,8-12,14-15H2. The smallest absolute Gasteiger partial charge is 0.133 e. The van der Waals surface area contributed by atoms with E-state index in [1.165, 1.54) is 37.9 Å². The Morgan fingerprint density at radius 1 is 1.05 bits per heavy atom. The Hall–Kier alpha value is -1.35. The number of carbonyl (C=O) groups is 1. The monoisotopic (exact) mass is 272 g/mol. The Morgan fingerprint density at radius 2 is 1.80 bits per heavy atom. The molecule has 0 radical (unpaired) electrons. The molecule has 0 saturated carbocycles. The van der Waals surface area contributed by atoms with E-state index in [0.29, 0.717) is 12.0 Å². The number of nitrogens with zero attached hydrogens (tertiary/aromatic N) is 2. The number of rotatable bonds is 3. The van der Waals surface area contributed by atoms with Crippen LogP contribution in [0.4, 0.5) is 5.69 Å². The van der Waals surface area contributed by atoms with Gasteiger partial charge in [0.1, 0.15) is 6.29 Å². The molecule has 1 unspecified atom stereocenters. The lowest BCUT2D eigenvalue weighted by Gasteiger charge is -2.49. The second kappa shape index (κ2) is 5.96. The Kier molecular flexibility index (Phi) is 4.06. The zero-order chi connectivity index (χ0) is 13.8. The number of likely N-dealkylation sites (tertiary alicyclic amines) is 1. The summed E-state index contributed by atoms with van der Waals surface area (Å²) in [4.78, 5) is 15.7. The van der Waals surface area contributed by atoms with Gasteiger partial charge in [0.25, 0.3) is 0 Å². The molecule has 3 rings (SSSR count). The molecule has 2 aliphatic rings. The fraction of sp³-hybridized carbons (Fsp3) is 0.588. The maximum Gasteiger partial charge on any atom is 0.133 e. The Morgan fingerprint density at radius 3 is 2.55 bits per heavy atom. The van der Waals surface area contributed by atoms with Crippen LogP contribution in [-0.2, 0) is 4.79 Å². The van der Waals surface area contributed by atoms with Crippen molar-refractivity contribution < 1.29 is 4.79 Å². The number of anilines is 1. The summed E-state index contributed by atoms with van der Waals surface area (Å²) < 4.78 is 0. The summed E-state index contributed by atoms with van der Waals surface area (Å²) in [5, 5.41) is 0. The molecule has 0 amide bonds. The highest BCUT2D eigenvalue weighted by molar-refractivity contribution is 5.52. The molecular weight excluding hydrogens is 248 g/mol. The lowest BCUT2D eigenvalue weighted by atomic mass is 9.73. The SMILES string of the molecule is O=CCN1CCCC2(CCCN(c3ccccc3)C2)C1. The van der Waals surface area contributed by atoms with Gasteiger partial charge in [-0.1, -0.05) is 18.2 Å². The number of piperidine rings is 2. The van der Waals surface area contributed by atoms with Crippen LogP contribution in [0.1, 0.15) is 25.7 Å². The highest BCUT2D eigenvalue weighted by Gasteiger charge is 2.38. The molecule has 1 aromatic rings. The normalized spacial score (nSPS) is 27.7. The van der Waals surface area contributed by atoms with Gasteiger partial charge in [-0.05, 0) is 44.4 Å². The minimum atomic E-state index is 0.398. The van der Waals surface area contributed by atoms with Gasteiger partial charge in [0.15, 0.2) is 0 Å². The highest BCUT2D eigenvalue weighted by atomic mass is 16.1. The van der Waals surface area contributed by atoms with E-state index in [9.17, 15) is 4.79 Å². The van der Waals surface area contributed by atoms with Crippen LogP contribution in [0.5, 0.6) is 0 Å². The summed E-state index contributed by atoms with van der Waals surface area (Å²) >= 11 is 0. The molecule has 2 saturated heterocycles. The van der Waals surface area contributed by atoms with Crippen molar-refractivity contribution in [3.05, 3.63) is 30.3 Å². The molecule has 0 bridgehead atoms. The van der Waals surface area contributed by atoms with E-state index in [-0.39, 0.29) is 0 Å². The zero-order valence-electron chi connectivity index (χ0n) is 12.1. The van der Waals surface area contributed by atoms with Gasteiger partial charge in [0.2, 0.25) is 0 Å². The number of benzene rings is 1. The second-order valence-electron chi connectivity index (χ2n) is 6.37. The van der Waals surface area contributed by atoms with E-state index in [1.54, 1.807) is 0 Å². The maximum atomic E-state index is 10.8. The van der Waals surface area contributed by atoms with Crippen LogP contribution in [0.15, 0.2) is 30.3 Å². The number of para-hydroxylation sites is 1. The molecule has 0 aliphatic carbocycles. The first kappa shape index (κ1) is 13.6. The predicted octanol–water partition coefficient (Wildman–Crippen LogP) is 2.57. The summed E-state index contributed by atoms with van der Waals surface area (Å²) in [5.41, 5.74) is 1.74. The van der Waals surface area contributed by atoms with E-state index in [0.717, 1.165) is 25.9 Å². The summed E-state index contributed by atoms with van der Waals surface area (Å²) in [5.74, 6) is 0. The van der Waals surface area contributed by atoms with Crippen molar-refractivity contribution in [2.75, 3.05) is 37.6 Å². The van der Waals surface area contributed by atoms with Gasteiger partial charge in [-0.2, -0.15) is 0 Å². The van der Waals surface area contributed by atoms with Crippen molar-refractivity contribution in [2.45, 2.75) is 25.7 Å². The maximum absolute atomic E-state index is 10.8. The Balaban J connectivity index is 1.72. The lowest BCUT2D eigenvalue weighted by molar-refractivity contribution is -0.109. The summed E-state index contributed by atoms with van der Waals surface area (Å²) in [6.45, 7) is 5.10. The van der Waals surface area contributed by atoms with Gasteiger partial charge in [0.05, 0.1) is 6.54 Å². The fourth-order valence-corrected chi connectivity index (χ4v) is 3.97. The number of hydrogen-bond acceptors (Lipinski definition) is 3. The third-order valence-electron chi connectivity index (χ3n) is 4.86. The second-order valence-corrected chi connectivity index (χ2v) is 6.37. The summed E-state index contributed by atoms with van der Waals surface area (Å²) in [7, 11) is 0. The predicted molar refractivity (Wildman–Crippen MR) is 82.1 cm³/mol. The van der Waals surface area contributed by atoms with E-state index in [2.05, 4.69) is 40.1 Å². The lowest BCUT2D eigenvalue weighted by Crippen LogP contribution is -2.52. The molecule has 3 heteroatoms. The number of carbonyl (C=O) groups excluding carboxylic acids is 1. The van der Waals surface area contributed by atoms with Crippen molar-refractivity contribution in [3.8, 4) is 0 Å². The molecule has 108 valence electrons. The molecule has 0 aromatic heterocycles. The van der Waals surface area contributed by atoms with Gasteiger partial charge in [-0.25, -0.2) is 0 Å². The Labute approximate surface area is 121 Å². The van der Waals surface area contributed by atoms with Gasteiger partial charge in [-0.15, -0.1) is 0 Å². The minimum Gasteiger partial charge on any atom is -0.371 e. The molecule has 2 heterocycles. The molecule has 2 fully saturated rings. The molecule has 1 aromatic carbocycles. The molecular formula is C17H24N2O. The van der Waals surface area contributed by atoms with Gasteiger partial charge >= 0.3 is 0 Å². The molecule has 2 aliphatic heterocycles. The van der Waals surface area contributed by atoms with Gasteiger partial charge in [-0.3, -0.25) is 4.90 Å². The fourth-order valence-electron chi connectivity index (χ4n) is 3.97. The van der Waals surface area contributed by atoms with Crippen LogP contribution >= 0.6 is 0 Å². The average molecular weight is 272 g/mol. The summed E-state index contributed by atoms with van der Waals surface area (Å²) in [6.07, 6.45) is 6.18. The van der Waals surface area contributed by atoms with Crippen LogP contribution in [0.2, 0.25) is 0 Å². The van der Waals surface area contributed by atoms with Crippen LogP contribution < -0.4 is 4.90 Å². The third kappa shape index (κ3) is 2.88. The molecule has 1 atom stereocenters. The van der Waals surface area contributed by atoms with Crippen molar-refractivity contribution in [1.82, 2.24) is 4.90 Å². The highest BCUT2D eigenvalue weighted by Crippen LogP contribution is 2.39. The first-order chi connectivity index (χ1) is 9.81. The zero-order valence-corrected chi connectivity index (χ0v) is 12.1. The van der Waals surface area contributed by atoms with Gasteiger partial charge in [0, 0.05) is 30.7 Å².